The second kappa shape index (κ2) is 7.07. The smallest absolute Gasteiger partial charge is 0.226 e. The van der Waals surface area contributed by atoms with Crippen molar-refractivity contribution in [2.24, 2.45) is 0 Å². The predicted molar refractivity (Wildman–Crippen MR) is 106 cm³/mol. The SMILES string of the molecule is O=C1C[C@H]2N(Cc3ccccc3OCc3ccc(Cl)cc3)CC[C@]23OCCN13. The van der Waals surface area contributed by atoms with E-state index in [4.69, 9.17) is 21.1 Å². The van der Waals surface area contributed by atoms with E-state index in [1.54, 1.807) is 0 Å². The Hall–Kier alpha value is -2.08. The Labute approximate surface area is 169 Å². The number of carbonyl (C=O) groups excluding carboxylic acids is 1. The van der Waals surface area contributed by atoms with Gasteiger partial charge in [-0.3, -0.25) is 9.69 Å². The molecule has 3 fully saturated rings. The van der Waals surface area contributed by atoms with Gasteiger partial charge in [0.2, 0.25) is 5.91 Å². The summed E-state index contributed by atoms with van der Waals surface area (Å²) in [4.78, 5) is 16.7. The van der Waals surface area contributed by atoms with Crippen molar-refractivity contribution in [3.05, 3.63) is 64.7 Å². The summed E-state index contributed by atoms with van der Waals surface area (Å²) >= 11 is 5.96. The van der Waals surface area contributed by atoms with Crippen LogP contribution in [0, 0.1) is 0 Å². The Morgan fingerprint density at radius 3 is 2.82 bits per heavy atom. The Balaban J connectivity index is 1.31. The molecule has 2 atom stereocenters. The van der Waals surface area contributed by atoms with Crippen molar-refractivity contribution >= 4 is 17.5 Å². The molecule has 0 saturated carbocycles. The number of benzene rings is 2. The summed E-state index contributed by atoms with van der Waals surface area (Å²) < 4.78 is 12.2. The van der Waals surface area contributed by atoms with Crippen LogP contribution in [0.2, 0.25) is 5.02 Å². The molecular weight excluding hydrogens is 376 g/mol. The first-order chi connectivity index (χ1) is 13.7. The number of carbonyl (C=O) groups is 1. The summed E-state index contributed by atoms with van der Waals surface area (Å²) in [7, 11) is 0. The van der Waals surface area contributed by atoms with Gasteiger partial charge in [-0.2, -0.15) is 0 Å². The average Bonchev–Trinajstić information content (AvgIpc) is 3.34. The van der Waals surface area contributed by atoms with E-state index in [9.17, 15) is 4.79 Å². The number of para-hydroxylation sites is 1. The molecule has 5 nitrogen and oxygen atoms in total. The fourth-order valence-corrected chi connectivity index (χ4v) is 4.93. The third kappa shape index (κ3) is 2.98. The summed E-state index contributed by atoms with van der Waals surface area (Å²) in [5, 5.41) is 0.724. The Morgan fingerprint density at radius 1 is 1.14 bits per heavy atom. The maximum absolute atomic E-state index is 12.4. The topological polar surface area (TPSA) is 42.0 Å². The minimum absolute atomic E-state index is 0.131. The number of hydrogen-bond acceptors (Lipinski definition) is 4. The lowest BCUT2D eigenvalue weighted by Crippen LogP contribution is -2.47. The van der Waals surface area contributed by atoms with Gasteiger partial charge < -0.3 is 14.4 Å². The van der Waals surface area contributed by atoms with Crippen molar-refractivity contribution in [2.45, 2.75) is 37.8 Å². The maximum Gasteiger partial charge on any atom is 0.226 e. The van der Waals surface area contributed by atoms with Crippen molar-refractivity contribution in [1.29, 1.82) is 0 Å². The lowest BCUT2D eigenvalue weighted by molar-refractivity contribution is -0.136. The van der Waals surface area contributed by atoms with E-state index in [2.05, 4.69) is 11.0 Å². The third-order valence-corrected chi connectivity index (χ3v) is 6.42. The molecule has 0 aliphatic carbocycles. The summed E-state index contributed by atoms with van der Waals surface area (Å²) in [5.74, 6) is 1.10. The van der Waals surface area contributed by atoms with E-state index < -0.39 is 5.72 Å². The molecule has 0 N–H and O–H groups in total. The highest BCUT2D eigenvalue weighted by atomic mass is 35.5. The van der Waals surface area contributed by atoms with E-state index >= 15 is 0 Å². The van der Waals surface area contributed by atoms with E-state index in [0.29, 0.717) is 19.6 Å². The lowest BCUT2D eigenvalue weighted by atomic mass is 10.1. The van der Waals surface area contributed by atoms with Crippen LogP contribution < -0.4 is 4.74 Å². The van der Waals surface area contributed by atoms with Crippen LogP contribution in [0.3, 0.4) is 0 Å². The van der Waals surface area contributed by atoms with Gasteiger partial charge in [0.05, 0.1) is 12.6 Å². The second-order valence-electron chi connectivity index (χ2n) is 7.70. The van der Waals surface area contributed by atoms with Gasteiger partial charge in [-0.15, -0.1) is 0 Å². The number of rotatable bonds is 5. The molecule has 0 bridgehead atoms. The van der Waals surface area contributed by atoms with Crippen LogP contribution in [0.25, 0.3) is 0 Å². The molecule has 2 aromatic carbocycles. The second-order valence-corrected chi connectivity index (χ2v) is 8.14. The molecule has 146 valence electrons. The zero-order chi connectivity index (χ0) is 19.1. The molecule has 1 spiro atoms. The van der Waals surface area contributed by atoms with Gasteiger partial charge in [-0.1, -0.05) is 41.9 Å². The van der Waals surface area contributed by atoms with Crippen LogP contribution in [0.15, 0.2) is 48.5 Å². The normalized spacial score (nSPS) is 26.5. The monoisotopic (exact) mass is 398 g/mol. The van der Waals surface area contributed by atoms with Gasteiger partial charge in [-0.05, 0) is 23.8 Å². The Kier molecular flexibility index (Phi) is 4.54. The van der Waals surface area contributed by atoms with Crippen LogP contribution in [-0.4, -0.2) is 47.2 Å². The third-order valence-electron chi connectivity index (χ3n) is 6.17. The van der Waals surface area contributed by atoms with Crippen molar-refractivity contribution in [2.75, 3.05) is 19.7 Å². The van der Waals surface area contributed by atoms with Crippen molar-refractivity contribution < 1.29 is 14.3 Å². The molecule has 0 aromatic heterocycles. The van der Waals surface area contributed by atoms with Crippen LogP contribution in [0.5, 0.6) is 5.75 Å². The molecule has 1 amide bonds. The summed E-state index contributed by atoms with van der Waals surface area (Å²) in [6.45, 7) is 3.56. The molecule has 3 aliphatic heterocycles. The predicted octanol–water partition coefficient (Wildman–Crippen LogP) is 3.45. The minimum atomic E-state index is -0.393. The van der Waals surface area contributed by atoms with Gasteiger partial charge >= 0.3 is 0 Å². The molecule has 0 unspecified atom stereocenters. The minimum Gasteiger partial charge on any atom is -0.489 e. The van der Waals surface area contributed by atoms with E-state index in [1.165, 1.54) is 0 Å². The standard InChI is InChI=1S/C22H23ClN2O3/c23-18-7-5-16(6-8-18)15-27-19-4-2-1-3-17(19)14-24-10-9-22-20(24)13-21(26)25(22)11-12-28-22/h1-8,20H,9-15H2/t20-,22+/m1/s1. The van der Waals surface area contributed by atoms with Gasteiger partial charge in [0.15, 0.2) is 5.72 Å². The largest absolute Gasteiger partial charge is 0.489 e. The number of amides is 1. The van der Waals surface area contributed by atoms with E-state index in [0.717, 1.165) is 48.0 Å². The Morgan fingerprint density at radius 2 is 1.96 bits per heavy atom. The quantitative estimate of drug-likeness (QED) is 0.773. The molecular formula is C22H23ClN2O3. The highest BCUT2D eigenvalue weighted by Crippen LogP contribution is 2.46. The zero-order valence-corrected chi connectivity index (χ0v) is 16.4. The molecule has 5 rings (SSSR count). The first kappa shape index (κ1) is 18.0. The van der Waals surface area contributed by atoms with Crippen LogP contribution in [0.4, 0.5) is 0 Å². The molecule has 0 radical (unpaired) electrons. The van der Waals surface area contributed by atoms with Gasteiger partial charge in [-0.25, -0.2) is 0 Å². The number of halogens is 1. The first-order valence-electron chi connectivity index (χ1n) is 9.79. The fourth-order valence-electron chi connectivity index (χ4n) is 4.80. The van der Waals surface area contributed by atoms with Crippen LogP contribution >= 0.6 is 11.6 Å². The number of likely N-dealkylation sites (tertiary alicyclic amines) is 1. The van der Waals surface area contributed by atoms with Crippen molar-refractivity contribution in [3.8, 4) is 5.75 Å². The fraction of sp³-hybridized carbons (Fsp3) is 0.409. The Bertz CT molecular complexity index is 888. The summed E-state index contributed by atoms with van der Waals surface area (Å²) in [5.41, 5.74) is 1.82. The molecule has 2 aromatic rings. The zero-order valence-electron chi connectivity index (χ0n) is 15.6. The molecule has 3 heterocycles. The highest BCUT2D eigenvalue weighted by Gasteiger charge is 2.61. The summed E-state index contributed by atoms with van der Waals surface area (Å²) in [6, 6.07) is 16.0. The van der Waals surface area contributed by atoms with Crippen LogP contribution in [-0.2, 0) is 22.7 Å². The highest BCUT2D eigenvalue weighted by molar-refractivity contribution is 6.30. The van der Waals surface area contributed by atoms with Crippen LogP contribution in [0.1, 0.15) is 24.0 Å². The number of ether oxygens (including phenoxy) is 2. The molecule has 3 aliphatic rings. The van der Waals surface area contributed by atoms with E-state index in [-0.39, 0.29) is 11.9 Å². The van der Waals surface area contributed by atoms with Gasteiger partial charge in [0.25, 0.3) is 0 Å². The first-order valence-corrected chi connectivity index (χ1v) is 10.2. The van der Waals surface area contributed by atoms with Gasteiger partial charge in [0.1, 0.15) is 12.4 Å². The average molecular weight is 399 g/mol. The molecule has 3 saturated heterocycles. The van der Waals surface area contributed by atoms with Crippen molar-refractivity contribution in [3.63, 3.8) is 0 Å². The van der Waals surface area contributed by atoms with E-state index in [1.807, 2.05) is 47.4 Å². The molecule has 28 heavy (non-hydrogen) atoms. The number of hydrogen-bond donors (Lipinski definition) is 0. The van der Waals surface area contributed by atoms with Gasteiger partial charge in [0, 0.05) is 43.1 Å². The lowest BCUT2D eigenvalue weighted by Gasteiger charge is -2.31. The van der Waals surface area contributed by atoms with Crippen molar-refractivity contribution in [1.82, 2.24) is 9.80 Å². The summed E-state index contributed by atoms with van der Waals surface area (Å²) in [6.07, 6.45) is 1.44. The number of nitrogens with zero attached hydrogens (tertiary/aromatic N) is 2. The maximum atomic E-state index is 12.4. The molecule has 6 heteroatoms.